The number of alkyl halides is 3. The van der Waals surface area contributed by atoms with Gasteiger partial charge in [-0.3, -0.25) is 9.59 Å². The Labute approximate surface area is 141 Å². The Morgan fingerprint density at radius 1 is 1.20 bits per heavy atom. The Morgan fingerprint density at radius 3 is 2.56 bits per heavy atom. The zero-order valence-corrected chi connectivity index (χ0v) is 13.1. The molecule has 0 aliphatic heterocycles. The van der Waals surface area contributed by atoms with Crippen molar-refractivity contribution >= 4 is 17.9 Å². The minimum absolute atomic E-state index is 0.0148. The molecule has 0 saturated carbocycles. The fraction of sp³-hybridized carbons (Fsp3) is 0.176. The van der Waals surface area contributed by atoms with E-state index < -0.39 is 24.3 Å². The third kappa shape index (κ3) is 4.72. The summed E-state index contributed by atoms with van der Waals surface area (Å²) >= 11 is 0. The summed E-state index contributed by atoms with van der Waals surface area (Å²) in [6.07, 6.45) is -3.96. The summed E-state index contributed by atoms with van der Waals surface area (Å²) < 4.78 is 48.3. The number of carbonyl (C=O) groups excluding carboxylic acids is 2. The number of anilines is 1. The highest BCUT2D eigenvalue weighted by atomic mass is 19.4. The van der Waals surface area contributed by atoms with Crippen LogP contribution in [0.3, 0.4) is 0 Å². The van der Waals surface area contributed by atoms with Gasteiger partial charge in [-0.25, -0.2) is 0 Å². The van der Waals surface area contributed by atoms with Gasteiger partial charge in [-0.15, -0.1) is 0 Å². The predicted octanol–water partition coefficient (Wildman–Crippen LogP) is 3.54. The smallest absolute Gasteiger partial charge is 0.416 e. The fourth-order valence-corrected chi connectivity index (χ4v) is 2.05. The van der Waals surface area contributed by atoms with Crippen molar-refractivity contribution in [3.05, 3.63) is 53.6 Å². The summed E-state index contributed by atoms with van der Waals surface area (Å²) in [5.41, 5.74) is -0.704. The average molecular weight is 353 g/mol. The monoisotopic (exact) mass is 353 g/mol. The molecular formula is C17H14F3NO4. The van der Waals surface area contributed by atoms with Crippen molar-refractivity contribution in [3.8, 4) is 11.5 Å². The summed E-state index contributed by atoms with van der Waals surface area (Å²) in [7, 11) is 1.37. The number of para-hydroxylation sites is 1. The van der Waals surface area contributed by atoms with Crippen molar-refractivity contribution in [1.29, 1.82) is 0 Å². The summed E-state index contributed by atoms with van der Waals surface area (Å²) in [6.45, 7) is -0.503. The van der Waals surface area contributed by atoms with Crippen LogP contribution in [-0.4, -0.2) is 25.9 Å². The number of rotatable bonds is 6. The molecule has 0 aliphatic carbocycles. The lowest BCUT2D eigenvalue weighted by Gasteiger charge is -2.13. The minimum Gasteiger partial charge on any atom is -0.493 e. The molecule has 2 aromatic rings. The highest BCUT2D eigenvalue weighted by Gasteiger charge is 2.30. The van der Waals surface area contributed by atoms with Gasteiger partial charge in [0.25, 0.3) is 5.91 Å². The molecule has 0 spiro atoms. The lowest BCUT2D eigenvalue weighted by atomic mass is 10.2. The van der Waals surface area contributed by atoms with Crippen LogP contribution in [0, 0.1) is 0 Å². The Kier molecular flexibility index (Phi) is 5.63. The minimum atomic E-state index is -4.51. The maximum absolute atomic E-state index is 12.7. The van der Waals surface area contributed by atoms with E-state index in [1.54, 1.807) is 12.1 Å². The Bertz CT molecular complexity index is 775. The number of hydrogen-bond acceptors (Lipinski definition) is 4. The molecule has 2 rings (SSSR count). The van der Waals surface area contributed by atoms with Crippen molar-refractivity contribution in [3.63, 3.8) is 0 Å². The summed E-state index contributed by atoms with van der Waals surface area (Å²) in [5, 5.41) is 2.31. The van der Waals surface area contributed by atoms with Gasteiger partial charge >= 0.3 is 6.18 Å². The van der Waals surface area contributed by atoms with Gasteiger partial charge in [0.2, 0.25) is 0 Å². The molecule has 25 heavy (non-hydrogen) atoms. The highest BCUT2D eigenvalue weighted by molar-refractivity contribution is 5.92. The molecule has 0 aromatic heterocycles. The quantitative estimate of drug-likeness (QED) is 0.807. The second kappa shape index (κ2) is 7.69. The molecule has 0 bridgehead atoms. The number of aldehydes is 1. The van der Waals surface area contributed by atoms with E-state index in [2.05, 4.69) is 5.32 Å². The number of halogens is 3. The molecule has 0 fully saturated rings. The van der Waals surface area contributed by atoms with E-state index in [9.17, 15) is 22.8 Å². The van der Waals surface area contributed by atoms with Gasteiger partial charge in [-0.1, -0.05) is 12.1 Å². The second-order valence-corrected chi connectivity index (χ2v) is 4.91. The number of hydrogen-bond donors (Lipinski definition) is 1. The zero-order chi connectivity index (χ0) is 18.4. The summed E-state index contributed by atoms with van der Waals surface area (Å²) in [4.78, 5) is 22.9. The van der Waals surface area contributed by atoms with Gasteiger partial charge in [0.1, 0.15) is 0 Å². The number of methoxy groups -OCH3 is 1. The van der Waals surface area contributed by atoms with Crippen molar-refractivity contribution in [2.75, 3.05) is 19.0 Å². The van der Waals surface area contributed by atoms with E-state index in [0.717, 1.165) is 12.1 Å². The molecule has 0 radical (unpaired) electrons. The van der Waals surface area contributed by atoms with Gasteiger partial charge in [-0.2, -0.15) is 13.2 Å². The largest absolute Gasteiger partial charge is 0.493 e. The van der Waals surface area contributed by atoms with Crippen LogP contribution >= 0.6 is 0 Å². The van der Waals surface area contributed by atoms with Gasteiger partial charge in [0.15, 0.2) is 24.4 Å². The van der Waals surface area contributed by atoms with Crippen molar-refractivity contribution in [2.45, 2.75) is 6.18 Å². The lowest BCUT2D eigenvalue weighted by Crippen LogP contribution is -2.21. The first-order chi connectivity index (χ1) is 11.8. The number of amides is 1. The maximum Gasteiger partial charge on any atom is 0.416 e. The number of benzene rings is 2. The number of nitrogens with one attached hydrogen (secondary N) is 1. The second-order valence-electron chi connectivity index (χ2n) is 4.91. The molecule has 1 amide bonds. The van der Waals surface area contributed by atoms with Crippen LogP contribution in [0.15, 0.2) is 42.5 Å². The van der Waals surface area contributed by atoms with E-state index in [1.165, 1.54) is 25.3 Å². The molecule has 0 atom stereocenters. The van der Waals surface area contributed by atoms with Crippen LogP contribution < -0.4 is 14.8 Å². The molecule has 132 valence electrons. The Morgan fingerprint density at radius 2 is 1.92 bits per heavy atom. The van der Waals surface area contributed by atoms with Crippen LogP contribution in [0.2, 0.25) is 0 Å². The Balaban J connectivity index is 2.06. The molecule has 2 aromatic carbocycles. The SMILES string of the molecule is COc1cccc(C=O)c1OCC(=O)Nc1cccc(C(F)(F)F)c1. The molecule has 1 N–H and O–H groups in total. The molecular weight excluding hydrogens is 339 g/mol. The van der Waals surface area contributed by atoms with Gasteiger partial charge in [0, 0.05) is 5.69 Å². The first-order valence-electron chi connectivity index (χ1n) is 7.07. The van der Waals surface area contributed by atoms with Crippen molar-refractivity contribution in [1.82, 2.24) is 0 Å². The number of carbonyl (C=O) groups is 2. The topological polar surface area (TPSA) is 64.6 Å². The fourth-order valence-electron chi connectivity index (χ4n) is 2.05. The van der Waals surface area contributed by atoms with Gasteiger partial charge in [-0.05, 0) is 30.3 Å². The Hall–Kier alpha value is -3.03. The first-order valence-corrected chi connectivity index (χ1v) is 7.07. The number of ether oxygens (including phenoxy) is 2. The highest BCUT2D eigenvalue weighted by Crippen LogP contribution is 2.31. The molecule has 0 unspecified atom stereocenters. The van der Waals surface area contributed by atoms with Crippen molar-refractivity contribution < 1.29 is 32.2 Å². The summed E-state index contributed by atoms with van der Waals surface area (Å²) in [6, 6.07) is 8.84. The lowest BCUT2D eigenvalue weighted by molar-refractivity contribution is -0.137. The molecule has 0 heterocycles. The molecule has 8 heteroatoms. The molecule has 5 nitrogen and oxygen atoms in total. The van der Waals surface area contributed by atoms with Crippen LogP contribution in [0.25, 0.3) is 0 Å². The van der Waals surface area contributed by atoms with E-state index in [-0.39, 0.29) is 22.7 Å². The van der Waals surface area contributed by atoms with Crippen LogP contribution in [-0.2, 0) is 11.0 Å². The average Bonchev–Trinajstić information content (AvgIpc) is 2.59. The standard InChI is InChI=1S/C17H14F3NO4/c1-24-14-7-2-4-11(9-22)16(14)25-10-15(23)21-13-6-3-5-12(8-13)17(18,19)20/h2-9H,10H2,1H3,(H,21,23). The van der Waals surface area contributed by atoms with Crippen LogP contribution in [0.5, 0.6) is 11.5 Å². The van der Waals surface area contributed by atoms with E-state index in [4.69, 9.17) is 9.47 Å². The van der Waals surface area contributed by atoms with Gasteiger partial charge < -0.3 is 14.8 Å². The first kappa shape index (κ1) is 18.3. The molecule has 0 saturated heterocycles. The third-order valence-corrected chi connectivity index (χ3v) is 3.18. The van der Waals surface area contributed by atoms with E-state index >= 15 is 0 Å². The third-order valence-electron chi connectivity index (χ3n) is 3.18. The summed E-state index contributed by atoms with van der Waals surface area (Å²) in [5.74, 6) is -0.335. The van der Waals surface area contributed by atoms with E-state index in [0.29, 0.717) is 6.29 Å². The van der Waals surface area contributed by atoms with Crippen LogP contribution in [0.1, 0.15) is 15.9 Å². The zero-order valence-electron chi connectivity index (χ0n) is 13.1. The van der Waals surface area contributed by atoms with Crippen LogP contribution in [0.4, 0.5) is 18.9 Å². The van der Waals surface area contributed by atoms with Crippen molar-refractivity contribution in [2.24, 2.45) is 0 Å². The predicted molar refractivity (Wildman–Crippen MR) is 84.0 cm³/mol. The van der Waals surface area contributed by atoms with Gasteiger partial charge in [0.05, 0.1) is 18.2 Å². The van der Waals surface area contributed by atoms with E-state index in [1.807, 2.05) is 0 Å². The normalized spacial score (nSPS) is 10.9. The molecule has 0 aliphatic rings. The maximum atomic E-state index is 12.7.